The molecule has 1 amide bonds. The fourth-order valence-electron chi connectivity index (χ4n) is 1.34. The summed E-state index contributed by atoms with van der Waals surface area (Å²) in [6.07, 6.45) is 2.07. The van der Waals surface area contributed by atoms with E-state index in [0.29, 0.717) is 12.2 Å². The first-order valence-electron chi connectivity index (χ1n) is 4.27. The minimum absolute atomic E-state index is 0.0774. The lowest BCUT2D eigenvalue weighted by Crippen LogP contribution is -2.52. The molecule has 0 bridgehead atoms. The monoisotopic (exact) mass is 283 g/mol. The van der Waals surface area contributed by atoms with E-state index < -0.39 is 16.4 Å². The Morgan fingerprint density at radius 3 is 2.35 bits per heavy atom. The molecule has 1 saturated heterocycles. The Morgan fingerprint density at radius 1 is 1.47 bits per heavy atom. The molecule has 2 aliphatic rings. The predicted octanol–water partition coefficient (Wildman–Crippen LogP) is -0.393. The van der Waals surface area contributed by atoms with E-state index >= 15 is 0 Å². The van der Waals surface area contributed by atoms with Crippen molar-refractivity contribution in [3.8, 4) is 0 Å². The summed E-state index contributed by atoms with van der Waals surface area (Å²) in [6.45, 7) is 0. The number of nitrogens with zero attached hydrogens (tertiary/aromatic N) is 1. The van der Waals surface area contributed by atoms with Crippen molar-refractivity contribution in [3.63, 3.8) is 0 Å². The van der Waals surface area contributed by atoms with E-state index in [1.54, 1.807) is 17.8 Å². The van der Waals surface area contributed by atoms with Crippen LogP contribution in [0.25, 0.3) is 0 Å². The largest absolute Gasteiger partial charge is 0.477 e. The summed E-state index contributed by atoms with van der Waals surface area (Å²) in [5.74, 6) is -0.398. The number of fused-ring (bicyclic) bond motifs is 1. The Balaban J connectivity index is 0.000000249. The highest BCUT2D eigenvalue weighted by Gasteiger charge is 2.42. The number of carbonyl (C=O) groups excluding carboxylic acids is 1. The van der Waals surface area contributed by atoms with Gasteiger partial charge in [-0.25, -0.2) is 4.79 Å². The Morgan fingerprint density at radius 2 is 2.00 bits per heavy atom. The SMILES string of the molecule is O=C(O)C1=CCS[C@@H]2CC(=O)N12.O=S(=O)(O)O. The molecule has 1 fully saturated rings. The van der Waals surface area contributed by atoms with Crippen LogP contribution in [0.5, 0.6) is 0 Å². The molecule has 17 heavy (non-hydrogen) atoms. The first-order chi connectivity index (χ1) is 7.70. The molecule has 0 aliphatic carbocycles. The summed E-state index contributed by atoms with van der Waals surface area (Å²) in [5, 5.41) is 8.78. The van der Waals surface area contributed by atoms with Gasteiger partial charge >= 0.3 is 16.4 Å². The van der Waals surface area contributed by atoms with Crippen LogP contribution in [0.1, 0.15) is 6.42 Å². The average Bonchev–Trinajstić information content (AvgIpc) is 2.12. The maximum absolute atomic E-state index is 11.0. The van der Waals surface area contributed by atoms with Gasteiger partial charge in [0.05, 0.1) is 11.8 Å². The lowest BCUT2D eigenvalue weighted by Gasteiger charge is -2.42. The molecule has 10 heteroatoms. The van der Waals surface area contributed by atoms with E-state index in [-0.39, 0.29) is 17.0 Å². The minimum Gasteiger partial charge on any atom is -0.477 e. The number of thioether (sulfide) groups is 1. The predicted molar refractivity (Wildman–Crippen MR) is 57.6 cm³/mol. The zero-order valence-corrected chi connectivity index (χ0v) is 9.94. The Kier molecular flexibility index (Phi) is 4.14. The molecule has 96 valence electrons. The maximum Gasteiger partial charge on any atom is 0.394 e. The van der Waals surface area contributed by atoms with Crippen LogP contribution in [0.3, 0.4) is 0 Å². The number of carboxylic acid groups (broad SMARTS) is 1. The molecule has 0 unspecified atom stereocenters. The quantitative estimate of drug-likeness (QED) is 0.437. The van der Waals surface area contributed by atoms with Crippen molar-refractivity contribution in [2.24, 2.45) is 0 Å². The van der Waals surface area contributed by atoms with Gasteiger partial charge < -0.3 is 5.11 Å². The second kappa shape index (κ2) is 5.04. The number of carboxylic acids is 1. The highest BCUT2D eigenvalue weighted by Crippen LogP contribution is 2.36. The van der Waals surface area contributed by atoms with Gasteiger partial charge in [-0.2, -0.15) is 8.42 Å². The molecule has 2 heterocycles. The summed E-state index contributed by atoms with van der Waals surface area (Å²) in [4.78, 5) is 23.0. The number of β-lactam (4-membered cyclic amide) rings is 1. The summed E-state index contributed by atoms with van der Waals surface area (Å²) < 4.78 is 31.6. The zero-order valence-electron chi connectivity index (χ0n) is 8.31. The molecule has 0 saturated carbocycles. The van der Waals surface area contributed by atoms with Gasteiger partial charge in [0.25, 0.3) is 0 Å². The Hall–Kier alpha value is -1.10. The molecular weight excluding hydrogens is 274 g/mol. The summed E-state index contributed by atoms with van der Waals surface area (Å²) in [5.41, 5.74) is 0.148. The topological polar surface area (TPSA) is 132 Å². The molecule has 0 aromatic carbocycles. The fraction of sp³-hybridized carbons (Fsp3) is 0.429. The van der Waals surface area contributed by atoms with Crippen LogP contribution in [0, 0.1) is 0 Å². The van der Waals surface area contributed by atoms with Crippen molar-refractivity contribution < 1.29 is 32.2 Å². The molecule has 2 aliphatic heterocycles. The lowest BCUT2D eigenvalue weighted by molar-refractivity contribution is -0.146. The minimum atomic E-state index is -4.67. The first-order valence-corrected chi connectivity index (χ1v) is 6.71. The van der Waals surface area contributed by atoms with Gasteiger partial charge in [-0.15, -0.1) is 11.8 Å². The van der Waals surface area contributed by atoms with E-state index in [2.05, 4.69) is 0 Å². The number of hydrogen-bond donors (Lipinski definition) is 3. The number of carbonyl (C=O) groups is 2. The van der Waals surface area contributed by atoms with Crippen molar-refractivity contribution in [1.29, 1.82) is 0 Å². The number of amides is 1. The van der Waals surface area contributed by atoms with Crippen molar-refractivity contribution in [2.45, 2.75) is 11.8 Å². The smallest absolute Gasteiger partial charge is 0.394 e. The lowest BCUT2D eigenvalue weighted by atomic mass is 10.1. The molecule has 1 atom stereocenters. The third-order valence-electron chi connectivity index (χ3n) is 1.95. The van der Waals surface area contributed by atoms with Gasteiger partial charge in [0.15, 0.2) is 0 Å². The summed E-state index contributed by atoms with van der Waals surface area (Å²) >= 11 is 1.60. The van der Waals surface area contributed by atoms with Gasteiger partial charge in [-0.3, -0.25) is 18.8 Å². The van der Waals surface area contributed by atoms with Gasteiger partial charge in [0.2, 0.25) is 5.91 Å². The standard InChI is InChI=1S/C7H7NO3S.H2O4S/c9-5-3-6-8(5)4(7(10)11)1-2-12-6;1-5(2,3)4/h1,6H,2-3H2,(H,10,11);(H2,1,2,3,4)/t6-;/m1./s1. The molecule has 0 aromatic rings. The van der Waals surface area contributed by atoms with E-state index in [1.807, 2.05) is 0 Å². The van der Waals surface area contributed by atoms with Crippen LogP contribution in [0.4, 0.5) is 0 Å². The van der Waals surface area contributed by atoms with Gasteiger partial charge in [-0.1, -0.05) is 0 Å². The normalized spacial score (nSPS) is 22.7. The van der Waals surface area contributed by atoms with Crippen LogP contribution in [0.2, 0.25) is 0 Å². The molecule has 3 N–H and O–H groups in total. The second-order valence-corrected chi connectivity index (χ2v) is 5.20. The average molecular weight is 283 g/mol. The maximum atomic E-state index is 11.0. The van der Waals surface area contributed by atoms with Crippen LogP contribution >= 0.6 is 11.8 Å². The van der Waals surface area contributed by atoms with Crippen molar-refractivity contribution in [2.75, 3.05) is 5.75 Å². The molecule has 0 spiro atoms. The van der Waals surface area contributed by atoms with Gasteiger partial charge in [0.1, 0.15) is 5.70 Å². The van der Waals surface area contributed by atoms with Gasteiger partial charge in [-0.05, 0) is 6.08 Å². The van der Waals surface area contributed by atoms with Crippen LogP contribution in [0.15, 0.2) is 11.8 Å². The molecule has 0 aromatic heterocycles. The van der Waals surface area contributed by atoms with E-state index in [0.717, 1.165) is 0 Å². The van der Waals surface area contributed by atoms with Crippen LogP contribution in [-0.4, -0.2) is 50.5 Å². The van der Waals surface area contributed by atoms with E-state index in [4.69, 9.17) is 22.6 Å². The molecule has 0 radical (unpaired) electrons. The fourth-order valence-corrected chi connectivity index (χ4v) is 2.45. The Bertz CT molecular complexity index is 461. The van der Waals surface area contributed by atoms with E-state index in [1.165, 1.54) is 4.90 Å². The number of hydrogen-bond acceptors (Lipinski definition) is 5. The molecule has 8 nitrogen and oxygen atoms in total. The third kappa shape index (κ3) is 4.00. The molecule has 2 rings (SSSR count). The van der Waals surface area contributed by atoms with Gasteiger partial charge in [0, 0.05) is 5.75 Å². The van der Waals surface area contributed by atoms with E-state index in [9.17, 15) is 9.59 Å². The summed E-state index contributed by atoms with van der Waals surface area (Å²) in [6, 6.07) is 0. The third-order valence-corrected chi connectivity index (χ3v) is 3.07. The van der Waals surface area contributed by atoms with Crippen LogP contribution < -0.4 is 0 Å². The molecular formula is C7H9NO7S2. The highest BCUT2D eigenvalue weighted by atomic mass is 32.3. The Labute approximate surface area is 101 Å². The highest BCUT2D eigenvalue weighted by molar-refractivity contribution is 8.00. The first kappa shape index (κ1) is 14.0. The zero-order chi connectivity index (χ0) is 13.2. The van der Waals surface area contributed by atoms with Crippen LogP contribution in [-0.2, 0) is 20.0 Å². The van der Waals surface area contributed by atoms with Crippen molar-refractivity contribution in [1.82, 2.24) is 4.90 Å². The summed E-state index contributed by atoms with van der Waals surface area (Å²) in [7, 11) is -4.67. The van der Waals surface area contributed by atoms with Crippen molar-refractivity contribution >= 4 is 34.0 Å². The number of aliphatic carboxylic acids is 1. The number of rotatable bonds is 1. The van der Waals surface area contributed by atoms with Crippen molar-refractivity contribution in [3.05, 3.63) is 11.8 Å². The second-order valence-electron chi connectivity index (χ2n) is 3.10.